The Morgan fingerprint density at radius 2 is 1.77 bits per heavy atom. The molecule has 0 spiro atoms. The number of rotatable bonds is 5. The van der Waals surface area contributed by atoms with Gasteiger partial charge in [0.2, 0.25) is 0 Å². The lowest BCUT2D eigenvalue weighted by atomic mass is 9.86. The highest BCUT2D eigenvalue weighted by molar-refractivity contribution is 6.07. The molecule has 0 unspecified atom stereocenters. The molecule has 1 aliphatic carbocycles. The van der Waals surface area contributed by atoms with Crippen molar-refractivity contribution < 1.29 is 28.2 Å². The second-order valence-corrected chi connectivity index (χ2v) is 9.80. The number of allylic oxidation sites excluding steroid dienone is 1. The first-order valence-electron chi connectivity index (χ1n) is 13.3. The first kappa shape index (κ1) is 25.6. The smallest absolute Gasteiger partial charge is 0.339 e. The third-order valence-electron chi connectivity index (χ3n) is 7.05. The van der Waals surface area contributed by atoms with E-state index in [9.17, 15) is 14.0 Å². The Kier molecular flexibility index (Phi) is 6.90. The minimum absolute atomic E-state index is 0.299. The topological polar surface area (TPSA) is 86.8 Å². The molecule has 0 bridgehead atoms. The largest absolute Gasteiger partial charge is 0.486 e. The van der Waals surface area contributed by atoms with Crippen LogP contribution in [0.3, 0.4) is 0 Å². The van der Waals surface area contributed by atoms with Crippen LogP contribution in [0.15, 0.2) is 66.7 Å². The molecule has 6 rings (SSSR count). The number of benzene rings is 3. The summed E-state index contributed by atoms with van der Waals surface area (Å²) >= 11 is 0. The molecule has 0 fully saturated rings. The lowest BCUT2D eigenvalue weighted by Crippen LogP contribution is -2.30. The summed E-state index contributed by atoms with van der Waals surface area (Å²) in [6.45, 7) is 2.45. The van der Waals surface area contributed by atoms with Gasteiger partial charge in [-0.25, -0.2) is 14.2 Å². The van der Waals surface area contributed by atoms with Gasteiger partial charge < -0.3 is 19.5 Å². The minimum Gasteiger partial charge on any atom is -0.486 e. The first-order valence-corrected chi connectivity index (χ1v) is 13.3. The minimum atomic E-state index is -1.05. The molecule has 40 heavy (non-hydrogen) atoms. The van der Waals surface area contributed by atoms with Gasteiger partial charge in [0.25, 0.3) is 5.91 Å². The molecule has 8 heteroatoms. The van der Waals surface area contributed by atoms with Crippen LogP contribution >= 0.6 is 0 Å². The van der Waals surface area contributed by atoms with E-state index in [2.05, 4.69) is 5.32 Å². The zero-order chi connectivity index (χ0) is 27.6. The highest BCUT2D eigenvalue weighted by Crippen LogP contribution is 2.37. The van der Waals surface area contributed by atoms with Crippen molar-refractivity contribution in [3.63, 3.8) is 0 Å². The quantitative estimate of drug-likeness (QED) is 0.304. The number of aromatic nitrogens is 1. The number of anilines is 1. The van der Waals surface area contributed by atoms with Crippen molar-refractivity contribution in [2.75, 3.05) is 18.5 Å². The second-order valence-electron chi connectivity index (χ2n) is 9.80. The zero-order valence-electron chi connectivity index (χ0n) is 21.9. The van der Waals surface area contributed by atoms with Crippen LogP contribution in [-0.4, -0.2) is 36.2 Å². The van der Waals surface area contributed by atoms with Crippen molar-refractivity contribution in [3.8, 4) is 11.5 Å². The molecule has 1 N–H and O–H groups in total. The number of hydrogen-bond acceptors (Lipinski definition) is 6. The molecular formula is C32H27FN2O5. The molecule has 0 radical (unpaired) electrons. The number of nitrogens with zero attached hydrogens (tertiary/aromatic N) is 1. The predicted octanol–water partition coefficient (Wildman–Crippen LogP) is 6.21. The summed E-state index contributed by atoms with van der Waals surface area (Å²) in [5.41, 5.74) is 4.94. The lowest BCUT2D eigenvalue weighted by molar-refractivity contribution is -0.123. The van der Waals surface area contributed by atoms with Crippen LogP contribution in [0.1, 0.15) is 46.9 Å². The normalized spacial score (nSPS) is 15.8. The van der Waals surface area contributed by atoms with E-state index >= 15 is 0 Å². The van der Waals surface area contributed by atoms with E-state index in [-0.39, 0.29) is 5.82 Å². The Morgan fingerprint density at radius 3 is 2.60 bits per heavy atom. The maximum atomic E-state index is 13.7. The number of pyridine rings is 1. The van der Waals surface area contributed by atoms with Crippen molar-refractivity contribution in [1.29, 1.82) is 0 Å². The maximum Gasteiger partial charge on any atom is 0.339 e. The van der Waals surface area contributed by atoms with E-state index in [1.807, 2.05) is 30.3 Å². The summed E-state index contributed by atoms with van der Waals surface area (Å²) in [4.78, 5) is 31.5. The second kappa shape index (κ2) is 10.8. The summed E-state index contributed by atoms with van der Waals surface area (Å²) in [6.07, 6.45) is 3.17. The number of esters is 1. The molecule has 4 aromatic rings. The average Bonchev–Trinajstić information content (AvgIpc) is 2.97. The first-order chi connectivity index (χ1) is 19.5. The molecule has 2 aliphatic rings. The zero-order valence-corrected chi connectivity index (χ0v) is 21.9. The van der Waals surface area contributed by atoms with Crippen LogP contribution in [0.4, 0.5) is 10.1 Å². The van der Waals surface area contributed by atoms with Gasteiger partial charge in [-0.05, 0) is 79.3 Å². The lowest BCUT2D eigenvalue weighted by Gasteiger charge is -2.23. The van der Waals surface area contributed by atoms with Crippen LogP contribution in [0.25, 0.3) is 22.6 Å². The number of fused-ring (bicyclic) bond motifs is 3. The van der Waals surface area contributed by atoms with Crippen LogP contribution in [0.5, 0.6) is 11.5 Å². The highest BCUT2D eigenvalue weighted by atomic mass is 19.1. The number of nitrogens with one attached hydrogen (secondary N) is 1. The summed E-state index contributed by atoms with van der Waals surface area (Å²) in [5, 5.41) is 3.46. The molecule has 1 aliphatic heterocycles. The molecule has 1 atom stereocenters. The van der Waals surface area contributed by atoms with Gasteiger partial charge >= 0.3 is 5.97 Å². The fourth-order valence-electron chi connectivity index (χ4n) is 5.11. The Bertz CT molecular complexity index is 1650. The predicted molar refractivity (Wildman–Crippen MR) is 150 cm³/mol. The Labute approximate surface area is 230 Å². The van der Waals surface area contributed by atoms with Crippen molar-refractivity contribution in [3.05, 3.63) is 94.9 Å². The molecular weight excluding hydrogens is 511 g/mol. The number of ether oxygens (including phenoxy) is 3. The molecule has 3 aromatic carbocycles. The molecule has 2 heterocycles. The SMILES string of the molecule is C[C@H](OC(=O)c1c2c(nc3ccccc13)/C(=C\c1ccc(F)cc1)CCC2)C(=O)Nc1ccc2c(c1)OCCO2. The van der Waals surface area contributed by atoms with Gasteiger partial charge in [0, 0.05) is 17.1 Å². The average molecular weight is 539 g/mol. The Balaban J connectivity index is 1.29. The maximum absolute atomic E-state index is 13.7. The highest BCUT2D eigenvalue weighted by Gasteiger charge is 2.28. The number of carbonyl (C=O) groups is 2. The van der Waals surface area contributed by atoms with Crippen molar-refractivity contribution in [2.24, 2.45) is 0 Å². The van der Waals surface area contributed by atoms with Gasteiger partial charge in [-0.15, -0.1) is 0 Å². The number of para-hydroxylation sites is 1. The van der Waals surface area contributed by atoms with Crippen LogP contribution in [0.2, 0.25) is 0 Å². The van der Waals surface area contributed by atoms with E-state index in [1.165, 1.54) is 12.1 Å². The van der Waals surface area contributed by atoms with E-state index in [1.54, 1.807) is 37.3 Å². The van der Waals surface area contributed by atoms with Gasteiger partial charge in [-0.1, -0.05) is 30.3 Å². The van der Waals surface area contributed by atoms with Gasteiger partial charge in [0.05, 0.1) is 16.8 Å². The van der Waals surface area contributed by atoms with Gasteiger partial charge in [0.15, 0.2) is 17.6 Å². The number of hydrogen-bond donors (Lipinski definition) is 1. The fourth-order valence-corrected chi connectivity index (χ4v) is 5.11. The fraction of sp³-hybridized carbons (Fsp3) is 0.219. The van der Waals surface area contributed by atoms with E-state index in [0.717, 1.165) is 35.2 Å². The third kappa shape index (κ3) is 5.12. The van der Waals surface area contributed by atoms with Crippen LogP contribution < -0.4 is 14.8 Å². The third-order valence-corrected chi connectivity index (χ3v) is 7.05. The Morgan fingerprint density at radius 1 is 1.00 bits per heavy atom. The van der Waals surface area contributed by atoms with E-state index in [4.69, 9.17) is 19.2 Å². The van der Waals surface area contributed by atoms with Crippen LogP contribution in [0, 0.1) is 5.82 Å². The van der Waals surface area contributed by atoms with Crippen LogP contribution in [-0.2, 0) is 16.0 Å². The molecule has 1 aromatic heterocycles. The van der Waals surface area contributed by atoms with Crippen molar-refractivity contribution >= 4 is 40.1 Å². The number of carbonyl (C=O) groups excluding carboxylic acids is 2. The summed E-state index contributed by atoms with van der Waals surface area (Å²) in [7, 11) is 0. The molecule has 0 saturated carbocycles. The number of amides is 1. The molecule has 0 saturated heterocycles. The van der Waals surface area contributed by atoms with Gasteiger partial charge in [-0.2, -0.15) is 0 Å². The van der Waals surface area contributed by atoms with Gasteiger partial charge in [0.1, 0.15) is 19.0 Å². The standard InChI is InChI=1S/C32H27FN2O5/c1-19(31(36)34-23-13-14-27-28(18-23)39-16-15-38-27)40-32(37)29-24-6-2-3-8-26(24)35-30-21(5-4-7-25(29)30)17-20-9-11-22(33)12-10-20/h2-3,6,8-14,17-19H,4-5,7,15-16H2,1H3,(H,34,36)/b21-17-/t19-/m0/s1. The molecule has 7 nitrogen and oxygen atoms in total. The molecule has 202 valence electrons. The van der Waals surface area contributed by atoms with E-state index < -0.39 is 18.0 Å². The van der Waals surface area contributed by atoms with Crippen molar-refractivity contribution in [2.45, 2.75) is 32.3 Å². The summed E-state index contributed by atoms with van der Waals surface area (Å²) < 4.78 is 30.3. The van der Waals surface area contributed by atoms with Gasteiger partial charge in [-0.3, -0.25) is 4.79 Å². The summed E-state index contributed by atoms with van der Waals surface area (Å²) in [5.74, 6) is -0.177. The number of halogens is 1. The Hall–Kier alpha value is -4.72. The summed E-state index contributed by atoms with van der Waals surface area (Å²) in [6, 6.07) is 18.8. The monoisotopic (exact) mass is 538 g/mol. The van der Waals surface area contributed by atoms with E-state index in [0.29, 0.717) is 53.3 Å². The molecule has 1 amide bonds. The van der Waals surface area contributed by atoms with Crippen molar-refractivity contribution in [1.82, 2.24) is 4.98 Å².